The monoisotopic (exact) mass is 174 g/mol. The Morgan fingerprint density at radius 1 is 1.73 bits per heavy atom. The van der Waals surface area contributed by atoms with Crippen LogP contribution in [0.4, 0.5) is 0 Å². The summed E-state index contributed by atoms with van der Waals surface area (Å²) in [6, 6.07) is 1.03. The van der Waals surface area contributed by atoms with Crippen molar-refractivity contribution in [3.8, 4) is 0 Å². The maximum Gasteiger partial charge on any atom is 0.330 e. The third-order valence-electron chi connectivity index (χ3n) is 1.38. The Morgan fingerprint density at radius 2 is 2.36 bits per heavy atom. The summed E-state index contributed by atoms with van der Waals surface area (Å²) < 4.78 is 4.95. The lowest BCUT2D eigenvalue weighted by Crippen LogP contribution is -2.00. The van der Waals surface area contributed by atoms with Crippen molar-refractivity contribution in [2.45, 2.75) is 18.9 Å². The molecule has 64 valence electrons. The van der Waals surface area contributed by atoms with E-state index in [1.54, 1.807) is 7.11 Å². The van der Waals surface area contributed by atoms with Gasteiger partial charge in [0.2, 0.25) is 0 Å². The summed E-state index contributed by atoms with van der Waals surface area (Å²) >= 11 is 0. The first-order chi connectivity index (χ1) is 5.18. The van der Waals surface area contributed by atoms with Gasteiger partial charge in [0.05, 0.1) is 0 Å². The molecule has 0 bridgehead atoms. The number of rotatable bonds is 6. The molecule has 0 saturated carbocycles. The summed E-state index contributed by atoms with van der Waals surface area (Å²) in [7, 11) is 1.31. The summed E-state index contributed by atoms with van der Waals surface area (Å²) in [6.45, 7) is 3.43. The van der Waals surface area contributed by atoms with E-state index in [0.717, 1.165) is 12.5 Å². The topological polar surface area (TPSA) is 46.5 Å². The molecule has 0 atom stereocenters. The Balaban J connectivity index is 3.25. The minimum Gasteiger partial charge on any atom is -0.478 e. The first-order valence-corrected chi connectivity index (χ1v) is 5.16. The predicted molar refractivity (Wildman–Crippen MR) is 46.4 cm³/mol. The zero-order valence-electron chi connectivity index (χ0n) is 6.80. The first-order valence-electron chi connectivity index (χ1n) is 3.58. The van der Waals surface area contributed by atoms with Gasteiger partial charge in [0.1, 0.15) is 0 Å². The molecule has 0 unspecified atom stereocenters. The minimum absolute atomic E-state index is 0.301. The van der Waals surface area contributed by atoms with Gasteiger partial charge in [-0.05, 0) is 18.9 Å². The number of carboxylic acids is 1. The van der Waals surface area contributed by atoms with Crippen LogP contribution in [0, 0.1) is 0 Å². The highest BCUT2D eigenvalue weighted by molar-refractivity contribution is 6.26. The molecule has 0 fully saturated rings. The molecule has 0 aromatic heterocycles. The molecule has 0 aliphatic rings. The van der Waals surface area contributed by atoms with Crippen molar-refractivity contribution in [3.05, 3.63) is 12.2 Å². The van der Waals surface area contributed by atoms with Gasteiger partial charge >= 0.3 is 5.97 Å². The van der Waals surface area contributed by atoms with Gasteiger partial charge in [-0.2, -0.15) is 0 Å². The SMILES string of the molecule is C=C(CCC[SiH2]OC)C(=O)O. The highest BCUT2D eigenvalue weighted by Crippen LogP contribution is 2.04. The van der Waals surface area contributed by atoms with E-state index in [4.69, 9.17) is 9.53 Å². The molecule has 0 spiro atoms. The summed E-state index contributed by atoms with van der Waals surface area (Å²) in [5.41, 5.74) is 0.301. The number of carbonyl (C=O) groups is 1. The second-order valence-corrected chi connectivity index (χ2v) is 4.05. The fourth-order valence-corrected chi connectivity index (χ4v) is 1.43. The molecular weight excluding hydrogens is 160 g/mol. The average molecular weight is 174 g/mol. The maximum atomic E-state index is 10.2. The average Bonchev–Trinajstić information content (AvgIpc) is 1.97. The maximum absolute atomic E-state index is 10.2. The van der Waals surface area contributed by atoms with Crippen LogP contribution in [0.2, 0.25) is 6.04 Å². The smallest absolute Gasteiger partial charge is 0.330 e. The van der Waals surface area contributed by atoms with E-state index in [2.05, 4.69) is 6.58 Å². The molecule has 0 radical (unpaired) electrons. The van der Waals surface area contributed by atoms with Crippen molar-refractivity contribution < 1.29 is 14.3 Å². The van der Waals surface area contributed by atoms with Crippen LogP contribution in [-0.4, -0.2) is 27.9 Å². The van der Waals surface area contributed by atoms with Gasteiger partial charge in [-0.25, -0.2) is 4.79 Å². The molecule has 0 aliphatic carbocycles. The molecule has 11 heavy (non-hydrogen) atoms. The molecule has 3 nitrogen and oxygen atoms in total. The second-order valence-electron chi connectivity index (χ2n) is 2.36. The van der Waals surface area contributed by atoms with E-state index in [1.165, 1.54) is 0 Å². The fraction of sp³-hybridized carbons (Fsp3) is 0.571. The van der Waals surface area contributed by atoms with Gasteiger partial charge < -0.3 is 9.53 Å². The third kappa shape index (κ3) is 5.81. The zero-order chi connectivity index (χ0) is 8.69. The zero-order valence-corrected chi connectivity index (χ0v) is 8.21. The lowest BCUT2D eigenvalue weighted by Gasteiger charge is -1.98. The van der Waals surface area contributed by atoms with Crippen LogP contribution < -0.4 is 0 Å². The Hall–Kier alpha value is -0.613. The van der Waals surface area contributed by atoms with E-state index >= 15 is 0 Å². The van der Waals surface area contributed by atoms with Gasteiger partial charge in [-0.15, -0.1) is 0 Å². The third-order valence-corrected chi connectivity index (χ3v) is 2.58. The van der Waals surface area contributed by atoms with Crippen LogP contribution in [0.25, 0.3) is 0 Å². The van der Waals surface area contributed by atoms with Crippen LogP contribution in [0.3, 0.4) is 0 Å². The van der Waals surface area contributed by atoms with Crippen molar-refractivity contribution in [1.29, 1.82) is 0 Å². The molecule has 0 saturated heterocycles. The molecule has 4 heteroatoms. The van der Waals surface area contributed by atoms with Crippen LogP contribution in [0.1, 0.15) is 12.8 Å². The molecule has 0 aromatic rings. The van der Waals surface area contributed by atoms with Crippen molar-refractivity contribution in [1.82, 2.24) is 0 Å². The van der Waals surface area contributed by atoms with Crippen molar-refractivity contribution >= 4 is 15.7 Å². The minimum atomic E-state index is -0.885. The lowest BCUT2D eigenvalue weighted by molar-refractivity contribution is -0.132. The lowest BCUT2D eigenvalue weighted by atomic mass is 10.2. The van der Waals surface area contributed by atoms with Crippen molar-refractivity contribution in [2.24, 2.45) is 0 Å². The van der Waals surface area contributed by atoms with E-state index < -0.39 is 5.97 Å². The van der Waals surface area contributed by atoms with Gasteiger partial charge in [-0.1, -0.05) is 6.58 Å². The highest BCUT2D eigenvalue weighted by atomic mass is 28.2. The van der Waals surface area contributed by atoms with Gasteiger partial charge in [0.15, 0.2) is 9.76 Å². The Labute approximate surface area is 69.0 Å². The summed E-state index contributed by atoms with van der Waals surface area (Å²) in [5.74, 6) is -0.885. The summed E-state index contributed by atoms with van der Waals surface area (Å²) in [4.78, 5) is 10.2. The molecule has 1 N–H and O–H groups in total. The Bertz CT molecular complexity index is 145. The first kappa shape index (κ1) is 10.4. The predicted octanol–water partition coefficient (Wildman–Crippen LogP) is 0.556. The number of aliphatic carboxylic acids is 1. The molecular formula is C7H14O3Si. The fourth-order valence-electron chi connectivity index (χ4n) is 0.692. The standard InChI is InChI=1S/C7H14O3Si/c1-6(7(8)9)4-3-5-11-10-2/h1,3-5,11H2,2H3,(H,8,9). The number of hydrogen-bond acceptors (Lipinski definition) is 2. The normalized spacial score (nSPS) is 10.6. The molecule has 0 aliphatic heterocycles. The van der Waals surface area contributed by atoms with E-state index in [1.807, 2.05) is 0 Å². The van der Waals surface area contributed by atoms with E-state index in [0.29, 0.717) is 12.0 Å². The number of hydrogen-bond donors (Lipinski definition) is 1. The summed E-state index contributed by atoms with van der Waals surface area (Å²) in [6.07, 6.45) is 1.48. The van der Waals surface area contributed by atoms with Crippen molar-refractivity contribution in [3.63, 3.8) is 0 Å². The van der Waals surface area contributed by atoms with E-state index in [9.17, 15) is 4.79 Å². The summed E-state index contributed by atoms with van der Waals surface area (Å²) in [5, 5.41) is 8.42. The van der Waals surface area contributed by atoms with Gasteiger partial charge in [0.25, 0.3) is 0 Å². The Kier molecular flexibility index (Phi) is 5.78. The van der Waals surface area contributed by atoms with Crippen LogP contribution in [0.15, 0.2) is 12.2 Å². The molecule has 0 amide bonds. The largest absolute Gasteiger partial charge is 0.478 e. The van der Waals surface area contributed by atoms with Crippen LogP contribution in [-0.2, 0) is 9.22 Å². The quantitative estimate of drug-likeness (QED) is 0.363. The van der Waals surface area contributed by atoms with E-state index in [-0.39, 0.29) is 9.76 Å². The highest BCUT2D eigenvalue weighted by Gasteiger charge is 2.02. The second kappa shape index (κ2) is 6.12. The number of carboxylic acid groups (broad SMARTS) is 1. The molecule has 0 heterocycles. The van der Waals surface area contributed by atoms with Crippen LogP contribution in [0.5, 0.6) is 0 Å². The van der Waals surface area contributed by atoms with Crippen LogP contribution >= 0.6 is 0 Å². The molecule has 0 aromatic carbocycles. The van der Waals surface area contributed by atoms with Crippen molar-refractivity contribution in [2.75, 3.05) is 7.11 Å². The van der Waals surface area contributed by atoms with Gasteiger partial charge in [0, 0.05) is 12.7 Å². The molecule has 0 rings (SSSR count). The Morgan fingerprint density at radius 3 is 2.82 bits per heavy atom. The van der Waals surface area contributed by atoms with Gasteiger partial charge in [-0.3, -0.25) is 0 Å².